The van der Waals surface area contributed by atoms with Crippen LogP contribution in [0.1, 0.15) is 0 Å². The first-order valence-corrected chi connectivity index (χ1v) is 0. The first-order valence-electron chi connectivity index (χ1n) is 0. The Morgan fingerprint density at radius 2 is 0.333 bits per heavy atom. The maximum atomic E-state index is 0. The molecule has 0 aliphatic carbocycles. The molecule has 0 heterocycles. The average molecular weight is 355 g/mol. The van der Waals surface area contributed by atoms with E-state index in [4.69, 9.17) is 0 Å². The van der Waals surface area contributed by atoms with Gasteiger partial charge in [-0.05, 0) is 0 Å². The van der Waals surface area contributed by atoms with Crippen LogP contribution in [0.5, 0.6) is 0 Å². The van der Waals surface area contributed by atoms with Crippen LogP contribution in [0, 0.1) is 0 Å². The Morgan fingerprint density at radius 3 is 0.333 bits per heavy atom. The average Bonchev–Trinajstić information content (AvgIpc) is 0. The molecule has 10 nitrogen and oxygen atoms in total. The van der Waals surface area contributed by atoms with Crippen LogP contribution in [-0.4, -0.2) is 98.2 Å². The molecule has 0 amide bonds. The topological polar surface area (TPSA) is 318 Å². The van der Waals surface area contributed by atoms with Gasteiger partial charge in [0, 0.05) is 0 Å². The zero-order chi connectivity index (χ0) is 0. The van der Waals surface area contributed by atoms with Crippen molar-refractivity contribution in [1.29, 1.82) is 0 Å². The van der Waals surface area contributed by atoms with Crippen molar-refractivity contribution in [2.45, 2.75) is 0 Å². The third-order valence-corrected chi connectivity index (χ3v) is 0. The van der Waals surface area contributed by atoms with Crippen LogP contribution in [0.4, 0.5) is 0 Å². The van der Waals surface area contributed by atoms with E-state index in [0.717, 1.165) is 0 Å². The van der Waals surface area contributed by atoms with Gasteiger partial charge in [0.2, 0.25) is 0 Å². The van der Waals surface area contributed by atoms with Crippen molar-refractivity contribution in [3.05, 3.63) is 0 Å². The molecule has 0 saturated carbocycles. The fraction of sp³-hybridized carbons (Fsp3) is 0. The summed E-state index contributed by atoms with van der Waals surface area (Å²) < 4.78 is 0. The molecule has 0 radical (unpaired) electrons. The molecule has 0 saturated heterocycles. The second-order valence-electron chi connectivity index (χ2n) is 0. The summed E-state index contributed by atoms with van der Waals surface area (Å²) in [5.74, 6) is 0. The van der Waals surface area contributed by atoms with E-state index < -0.39 is 0 Å². The van der Waals surface area contributed by atoms with Crippen LogP contribution in [-0.2, 0) is 0 Å². The van der Waals surface area contributed by atoms with Gasteiger partial charge in [0.05, 0.1) is 0 Å². The second kappa shape index (κ2) is 766. The molecular weight excluding hydrogens is 331 g/mol. The Kier molecular flexibility index (Phi) is 62500. The van der Waals surface area contributed by atoms with E-state index >= 15 is 0 Å². The summed E-state index contributed by atoms with van der Waals surface area (Å²) >= 11 is 0. The van der Waals surface area contributed by atoms with Crippen molar-refractivity contribution in [3.8, 4) is 0 Å². The Balaban J connectivity index is 0. The molecule has 0 aliphatic rings. The first-order chi connectivity index (χ1) is 0. The summed E-state index contributed by atoms with van der Waals surface area (Å²) in [6.45, 7) is 0. The van der Waals surface area contributed by atoms with Crippen LogP contribution in [0.3, 0.4) is 0 Å². The molecule has 0 aromatic heterocycles. The fourth-order valence-corrected chi connectivity index (χ4v) is 0. The summed E-state index contributed by atoms with van der Waals surface area (Å²) in [7, 11) is 0. The monoisotopic (exact) mass is 355 g/mol. The SMILES string of the molecule is Cl.N.O.O.O.O.O.O.O.O.O.[BaH2]. The Bertz CT molecular complexity index is 14.5. The molecule has 0 rings (SSSR count). The minimum atomic E-state index is 0. The Morgan fingerprint density at radius 1 is 0.333 bits per heavy atom. The van der Waals surface area contributed by atoms with Gasteiger partial charge >= 0.3 is 48.9 Å². The molecule has 0 spiro atoms. The van der Waals surface area contributed by atoms with Gasteiger partial charge in [-0.25, -0.2) is 0 Å². The van der Waals surface area contributed by atoms with Crippen LogP contribution in [0.15, 0.2) is 0 Å². The van der Waals surface area contributed by atoms with E-state index in [0.29, 0.717) is 0 Å². The normalized spacial score (nSPS) is 0. The fourth-order valence-electron chi connectivity index (χ4n) is 0. The minimum absolute atomic E-state index is 0. The molecule has 0 aromatic rings. The first kappa shape index (κ1) is 979. The third-order valence-electron chi connectivity index (χ3n) is 0. The zero-order valence-corrected chi connectivity index (χ0v) is 6.43. The van der Waals surface area contributed by atoms with E-state index in [1.807, 2.05) is 0 Å². The van der Waals surface area contributed by atoms with E-state index in [1.165, 1.54) is 0 Å². The van der Waals surface area contributed by atoms with Gasteiger partial charge in [0.1, 0.15) is 0 Å². The Hall–Kier alpha value is 1.46. The van der Waals surface area contributed by atoms with Crippen molar-refractivity contribution in [3.63, 3.8) is 0 Å². The molecule has 92 valence electrons. The van der Waals surface area contributed by atoms with Gasteiger partial charge in [0.15, 0.2) is 0 Å². The predicted molar refractivity (Wildman–Crippen MR) is 53.3 cm³/mol. The van der Waals surface area contributed by atoms with E-state index in [-0.39, 0.29) is 117 Å². The van der Waals surface area contributed by atoms with Gasteiger partial charge in [-0.2, -0.15) is 0 Å². The quantitative estimate of drug-likeness (QED) is 0.406. The van der Waals surface area contributed by atoms with Gasteiger partial charge in [-0.15, -0.1) is 12.4 Å². The molecule has 12 heteroatoms. The molecule has 0 atom stereocenters. The summed E-state index contributed by atoms with van der Waals surface area (Å²) in [5.41, 5.74) is 0. The summed E-state index contributed by atoms with van der Waals surface area (Å²) in [6.07, 6.45) is 0. The van der Waals surface area contributed by atoms with Crippen LogP contribution in [0.25, 0.3) is 0 Å². The second-order valence-corrected chi connectivity index (χ2v) is 0. The van der Waals surface area contributed by atoms with Crippen molar-refractivity contribution in [2.24, 2.45) is 0 Å². The Labute approximate surface area is 116 Å². The van der Waals surface area contributed by atoms with Crippen molar-refractivity contribution in [2.75, 3.05) is 0 Å². The standard InChI is InChI=1S/Ba.ClH.H3N.9H2O.2H/h;1H;1H3;9*1H2;;. The summed E-state index contributed by atoms with van der Waals surface area (Å²) in [6, 6.07) is 0. The number of rotatable bonds is 0. The third kappa shape index (κ3) is 587. The van der Waals surface area contributed by atoms with Crippen LogP contribution < -0.4 is 6.15 Å². The van der Waals surface area contributed by atoms with Crippen molar-refractivity contribution >= 4 is 61.3 Å². The van der Waals surface area contributed by atoms with Crippen molar-refractivity contribution in [1.82, 2.24) is 6.15 Å². The number of hydrogen-bond donors (Lipinski definition) is 1. The molecule has 0 fully saturated rings. The van der Waals surface area contributed by atoms with Gasteiger partial charge in [-0.3, -0.25) is 0 Å². The number of hydrogen-bond acceptors (Lipinski definition) is 1. The zero-order valence-electron chi connectivity index (χ0n) is 5.62. The molecular formula is H24BaClNO9. The molecule has 0 aliphatic heterocycles. The maximum absolute atomic E-state index is 0. The van der Waals surface area contributed by atoms with Crippen molar-refractivity contribution < 1.29 is 49.3 Å². The molecule has 0 bridgehead atoms. The molecule has 21 N–H and O–H groups in total. The van der Waals surface area contributed by atoms with E-state index in [1.54, 1.807) is 0 Å². The molecule has 0 unspecified atom stereocenters. The van der Waals surface area contributed by atoms with E-state index in [9.17, 15) is 0 Å². The van der Waals surface area contributed by atoms with Gasteiger partial charge < -0.3 is 55.4 Å². The predicted octanol–water partition coefficient (Wildman–Crippen LogP) is -7.75. The van der Waals surface area contributed by atoms with Crippen LogP contribution >= 0.6 is 12.4 Å². The molecule has 12 heavy (non-hydrogen) atoms. The van der Waals surface area contributed by atoms with E-state index in [2.05, 4.69) is 0 Å². The summed E-state index contributed by atoms with van der Waals surface area (Å²) in [4.78, 5) is 0. The summed E-state index contributed by atoms with van der Waals surface area (Å²) in [5, 5.41) is 0. The van der Waals surface area contributed by atoms with Crippen LogP contribution in [0.2, 0.25) is 0 Å². The van der Waals surface area contributed by atoms with Gasteiger partial charge in [-0.1, -0.05) is 0 Å². The van der Waals surface area contributed by atoms with Gasteiger partial charge in [0.25, 0.3) is 0 Å². The molecule has 0 aromatic carbocycles. The number of halogens is 1.